The molecule has 0 saturated heterocycles. The van der Waals surface area contributed by atoms with E-state index in [1.807, 2.05) is 61.5 Å². The normalized spacial score (nSPS) is 9.95. The lowest BCUT2D eigenvalue weighted by Gasteiger charge is -2.14. The second kappa shape index (κ2) is 6.10. The second-order valence-corrected chi connectivity index (χ2v) is 4.60. The quantitative estimate of drug-likeness (QED) is 0.928. The summed E-state index contributed by atoms with van der Waals surface area (Å²) in [7, 11) is 5.46. The average molecular weight is 270 g/mol. The lowest BCUT2D eigenvalue weighted by molar-refractivity contribution is 0.102. The topological polar surface area (TPSA) is 41.6 Å². The van der Waals surface area contributed by atoms with E-state index >= 15 is 0 Å². The minimum absolute atomic E-state index is 0.154. The first-order valence-corrected chi connectivity index (χ1v) is 6.33. The van der Waals surface area contributed by atoms with Gasteiger partial charge in [0.05, 0.1) is 12.8 Å². The Labute approximate surface area is 119 Å². The largest absolute Gasteiger partial charge is 0.495 e. The fourth-order valence-electron chi connectivity index (χ4n) is 1.87. The summed E-state index contributed by atoms with van der Waals surface area (Å²) in [6.07, 6.45) is 0. The minimum Gasteiger partial charge on any atom is -0.495 e. The van der Waals surface area contributed by atoms with E-state index in [1.165, 1.54) is 0 Å². The molecule has 2 aromatic rings. The van der Waals surface area contributed by atoms with Crippen molar-refractivity contribution in [1.82, 2.24) is 0 Å². The summed E-state index contributed by atoms with van der Waals surface area (Å²) < 4.78 is 5.22. The summed E-state index contributed by atoms with van der Waals surface area (Å²) in [5.74, 6) is 0.489. The second-order valence-electron chi connectivity index (χ2n) is 4.60. The van der Waals surface area contributed by atoms with Crippen molar-refractivity contribution in [1.29, 1.82) is 0 Å². The highest BCUT2D eigenvalue weighted by Gasteiger charge is 2.10. The highest BCUT2D eigenvalue weighted by Crippen LogP contribution is 2.24. The summed E-state index contributed by atoms with van der Waals surface area (Å²) in [6, 6.07) is 14.8. The molecule has 0 aliphatic heterocycles. The molecule has 0 radical (unpaired) electrons. The van der Waals surface area contributed by atoms with E-state index < -0.39 is 0 Å². The zero-order chi connectivity index (χ0) is 14.5. The molecule has 1 N–H and O–H groups in total. The molecule has 1 amide bonds. The van der Waals surface area contributed by atoms with Crippen LogP contribution < -0.4 is 15.0 Å². The van der Waals surface area contributed by atoms with Crippen LogP contribution in [0.1, 0.15) is 10.4 Å². The first-order valence-electron chi connectivity index (χ1n) is 6.33. The third-order valence-corrected chi connectivity index (χ3v) is 2.98. The Balaban J connectivity index is 2.22. The van der Waals surface area contributed by atoms with E-state index in [-0.39, 0.29) is 5.91 Å². The highest BCUT2D eigenvalue weighted by molar-refractivity contribution is 6.05. The lowest BCUT2D eigenvalue weighted by Crippen LogP contribution is -2.14. The molecule has 0 fully saturated rings. The number of hydrogen-bond donors (Lipinski definition) is 1. The van der Waals surface area contributed by atoms with E-state index in [0.717, 1.165) is 5.69 Å². The van der Waals surface area contributed by atoms with Crippen LogP contribution >= 0.6 is 0 Å². The van der Waals surface area contributed by atoms with Crippen LogP contribution in [0.25, 0.3) is 0 Å². The first kappa shape index (κ1) is 13.9. The Morgan fingerprint density at radius 3 is 2.55 bits per heavy atom. The van der Waals surface area contributed by atoms with Crippen LogP contribution in [0.15, 0.2) is 48.5 Å². The highest BCUT2D eigenvalue weighted by atomic mass is 16.5. The van der Waals surface area contributed by atoms with E-state index in [4.69, 9.17) is 4.74 Å². The molecule has 0 unspecified atom stereocenters. The Morgan fingerprint density at radius 2 is 1.85 bits per heavy atom. The number of ether oxygens (including phenoxy) is 1. The number of amides is 1. The van der Waals surface area contributed by atoms with Gasteiger partial charge in [0.25, 0.3) is 5.91 Å². The smallest absolute Gasteiger partial charge is 0.255 e. The van der Waals surface area contributed by atoms with Crippen LogP contribution in [0.3, 0.4) is 0 Å². The van der Waals surface area contributed by atoms with Gasteiger partial charge in [-0.25, -0.2) is 0 Å². The van der Waals surface area contributed by atoms with E-state index in [2.05, 4.69) is 5.32 Å². The third-order valence-electron chi connectivity index (χ3n) is 2.98. The fraction of sp³-hybridized carbons (Fsp3) is 0.188. The van der Waals surface area contributed by atoms with Crippen molar-refractivity contribution in [3.05, 3.63) is 54.1 Å². The molecule has 2 aromatic carbocycles. The molecule has 0 spiro atoms. The van der Waals surface area contributed by atoms with Crippen molar-refractivity contribution in [2.45, 2.75) is 0 Å². The number of carbonyl (C=O) groups excluding carboxylic acids is 1. The molecular formula is C16H18N2O2. The molecular weight excluding hydrogens is 252 g/mol. The summed E-state index contributed by atoms with van der Waals surface area (Å²) in [5, 5.41) is 2.86. The molecule has 2 rings (SSSR count). The molecule has 0 atom stereocenters. The number of nitrogens with one attached hydrogen (secondary N) is 1. The molecule has 4 nitrogen and oxygen atoms in total. The lowest BCUT2D eigenvalue weighted by atomic mass is 10.1. The minimum atomic E-state index is -0.154. The Kier molecular flexibility index (Phi) is 4.25. The van der Waals surface area contributed by atoms with Gasteiger partial charge < -0.3 is 15.0 Å². The molecule has 0 aliphatic rings. The standard InChI is InChI=1S/C16H18N2O2/c1-18(2)13-8-6-7-12(11-13)16(19)17-14-9-4-5-10-15(14)20-3/h4-11H,1-3H3,(H,17,19). The fourth-order valence-corrected chi connectivity index (χ4v) is 1.87. The average Bonchev–Trinajstić information content (AvgIpc) is 2.48. The van der Waals surface area contributed by atoms with Crippen molar-refractivity contribution in [3.8, 4) is 5.75 Å². The van der Waals surface area contributed by atoms with Gasteiger partial charge in [-0.1, -0.05) is 18.2 Å². The number of methoxy groups -OCH3 is 1. The van der Waals surface area contributed by atoms with Gasteiger partial charge in [0, 0.05) is 25.3 Å². The van der Waals surface area contributed by atoms with Crippen LogP contribution in [-0.2, 0) is 0 Å². The molecule has 0 aliphatic carbocycles. The molecule has 0 bridgehead atoms. The number of benzene rings is 2. The van der Waals surface area contributed by atoms with E-state index in [0.29, 0.717) is 17.0 Å². The maximum Gasteiger partial charge on any atom is 0.255 e. The first-order chi connectivity index (χ1) is 9.61. The summed E-state index contributed by atoms with van der Waals surface area (Å²) in [6.45, 7) is 0. The van der Waals surface area contributed by atoms with Crippen LogP contribution in [0.5, 0.6) is 5.75 Å². The summed E-state index contributed by atoms with van der Waals surface area (Å²) in [5.41, 5.74) is 2.26. The predicted molar refractivity (Wildman–Crippen MR) is 81.7 cm³/mol. The Hall–Kier alpha value is -2.49. The zero-order valence-corrected chi connectivity index (χ0v) is 11.9. The predicted octanol–water partition coefficient (Wildman–Crippen LogP) is 3.01. The van der Waals surface area contributed by atoms with Crippen LogP contribution in [0.4, 0.5) is 11.4 Å². The molecule has 20 heavy (non-hydrogen) atoms. The molecule has 0 heterocycles. The zero-order valence-electron chi connectivity index (χ0n) is 11.9. The number of rotatable bonds is 4. The van der Waals surface area contributed by atoms with Crippen molar-refractivity contribution in [2.24, 2.45) is 0 Å². The maximum absolute atomic E-state index is 12.3. The van der Waals surface area contributed by atoms with Gasteiger partial charge in [-0.05, 0) is 30.3 Å². The van der Waals surface area contributed by atoms with Gasteiger partial charge in [0.1, 0.15) is 5.75 Å². The summed E-state index contributed by atoms with van der Waals surface area (Å²) >= 11 is 0. The molecule has 4 heteroatoms. The van der Waals surface area contributed by atoms with Crippen molar-refractivity contribution < 1.29 is 9.53 Å². The van der Waals surface area contributed by atoms with Crippen molar-refractivity contribution in [2.75, 3.05) is 31.4 Å². The molecule has 0 saturated carbocycles. The van der Waals surface area contributed by atoms with Crippen LogP contribution in [-0.4, -0.2) is 27.1 Å². The number of hydrogen-bond acceptors (Lipinski definition) is 3. The number of carbonyl (C=O) groups is 1. The monoisotopic (exact) mass is 270 g/mol. The van der Waals surface area contributed by atoms with Crippen molar-refractivity contribution in [3.63, 3.8) is 0 Å². The number of para-hydroxylation sites is 2. The number of nitrogens with zero attached hydrogens (tertiary/aromatic N) is 1. The van der Waals surface area contributed by atoms with Crippen LogP contribution in [0.2, 0.25) is 0 Å². The Morgan fingerprint density at radius 1 is 1.10 bits per heavy atom. The Bertz CT molecular complexity index is 609. The van der Waals surface area contributed by atoms with E-state index in [1.54, 1.807) is 13.2 Å². The van der Waals surface area contributed by atoms with Gasteiger partial charge in [-0.15, -0.1) is 0 Å². The van der Waals surface area contributed by atoms with E-state index in [9.17, 15) is 4.79 Å². The van der Waals surface area contributed by atoms with Gasteiger partial charge in [0.2, 0.25) is 0 Å². The maximum atomic E-state index is 12.3. The van der Waals surface area contributed by atoms with Gasteiger partial charge in [0.15, 0.2) is 0 Å². The SMILES string of the molecule is COc1ccccc1NC(=O)c1cccc(N(C)C)c1. The van der Waals surface area contributed by atoms with Crippen LogP contribution in [0, 0.1) is 0 Å². The van der Waals surface area contributed by atoms with Crippen molar-refractivity contribution >= 4 is 17.3 Å². The van der Waals surface area contributed by atoms with Gasteiger partial charge in [-0.2, -0.15) is 0 Å². The third kappa shape index (κ3) is 3.09. The molecule has 104 valence electrons. The summed E-state index contributed by atoms with van der Waals surface area (Å²) in [4.78, 5) is 14.2. The van der Waals surface area contributed by atoms with Gasteiger partial charge in [-0.3, -0.25) is 4.79 Å². The van der Waals surface area contributed by atoms with Gasteiger partial charge >= 0.3 is 0 Å². The molecule has 0 aromatic heterocycles. The number of anilines is 2.